The third-order valence-corrected chi connectivity index (χ3v) is 8.80. The maximum absolute atomic E-state index is 14.3. The molecule has 0 saturated carbocycles. The number of primary amides is 1. The Kier molecular flexibility index (Phi) is 10.5. The van der Waals surface area contributed by atoms with Gasteiger partial charge in [-0.25, -0.2) is 0 Å². The Morgan fingerprint density at radius 2 is 1.65 bits per heavy atom. The third-order valence-electron chi connectivity index (χ3n) is 8.80. The van der Waals surface area contributed by atoms with Crippen molar-refractivity contribution in [3.63, 3.8) is 0 Å². The fourth-order valence-corrected chi connectivity index (χ4v) is 6.45. The SMILES string of the molecule is Cc1cc(C)c(C(=O)C(=O)Nc2ccc3c(c2)C(=O)N(CCC(=O)N(CCN(C)C)CC(N)=O)C(c2ccc4ccccc4n2)C3)c(C)c1. The number of benzene rings is 3. The molecule has 11 heteroatoms. The van der Waals surface area contributed by atoms with E-state index in [1.165, 1.54) is 4.90 Å². The third kappa shape index (κ3) is 8.01. The van der Waals surface area contributed by atoms with Gasteiger partial charge in [0.05, 0.1) is 23.8 Å². The van der Waals surface area contributed by atoms with Crippen LogP contribution in [0.4, 0.5) is 5.69 Å². The highest BCUT2D eigenvalue weighted by Gasteiger charge is 2.35. The van der Waals surface area contributed by atoms with E-state index in [0.29, 0.717) is 53.1 Å². The van der Waals surface area contributed by atoms with Crippen molar-refractivity contribution in [1.29, 1.82) is 0 Å². The maximum atomic E-state index is 14.3. The average molecular weight is 663 g/mol. The molecule has 1 aliphatic heterocycles. The number of likely N-dealkylation sites (N-methyl/N-ethyl adjacent to an activating group) is 1. The lowest BCUT2D eigenvalue weighted by Gasteiger charge is -2.37. The van der Waals surface area contributed by atoms with E-state index < -0.39 is 23.6 Å². The molecule has 254 valence electrons. The van der Waals surface area contributed by atoms with Crippen molar-refractivity contribution < 1.29 is 24.0 Å². The average Bonchev–Trinajstić information content (AvgIpc) is 3.05. The molecule has 1 atom stereocenters. The van der Waals surface area contributed by atoms with Crippen LogP contribution in [-0.4, -0.2) is 89.4 Å². The van der Waals surface area contributed by atoms with Crippen molar-refractivity contribution in [3.8, 4) is 0 Å². The number of para-hydroxylation sites is 1. The molecule has 1 unspecified atom stereocenters. The van der Waals surface area contributed by atoms with Crippen molar-refractivity contribution >= 4 is 46.0 Å². The normalized spacial score (nSPS) is 14.1. The number of nitrogens with one attached hydrogen (secondary N) is 1. The molecule has 5 rings (SSSR count). The van der Waals surface area contributed by atoms with Gasteiger partial charge in [-0.05, 0) is 82.2 Å². The number of pyridine rings is 1. The second kappa shape index (κ2) is 14.8. The molecule has 4 amide bonds. The molecule has 2 heterocycles. The lowest BCUT2D eigenvalue weighted by molar-refractivity contribution is -0.135. The van der Waals surface area contributed by atoms with Crippen LogP contribution in [0.15, 0.2) is 66.7 Å². The second-order valence-corrected chi connectivity index (χ2v) is 12.9. The molecule has 0 aliphatic carbocycles. The number of hydrogen-bond acceptors (Lipinski definition) is 7. The first-order valence-electron chi connectivity index (χ1n) is 16.3. The van der Waals surface area contributed by atoms with Crippen LogP contribution in [0.5, 0.6) is 0 Å². The van der Waals surface area contributed by atoms with E-state index in [4.69, 9.17) is 10.7 Å². The van der Waals surface area contributed by atoms with Gasteiger partial charge in [0, 0.05) is 48.3 Å². The Balaban J connectivity index is 1.43. The molecule has 1 aliphatic rings. The molecular weight excluding hydrogens is 620 g/mol. The number of carbonyl (C=O) groups excluding carboxylic acids is 5. The number of anilines is 1. The van der Waals surface area contributed by atoms with Gasteiger partial charge in [0.15, 0.2) is 0 Å². The molecule has 3 N–H and O–H groups in total. The number of hydrogen-bond donors (Lipinski definition) is 2. The molecule has 0 bridgehead atoms. The zero-order valence-corrected chi connectivity index (χ0v) is 28.6. The quantitative estimate of drug-likeness (QED) is 0.172. The van der Waals surface area contributed by atoms with Gasteiger partial charge in [-0.2, -0.15) is 0 Å². The molecule has 4 aromatic rings. The molecule has 11 nitrogen and oxygen atoms in total. The van der Waals surface area contributed by atoms with Gasteiger partial charge in [-0.1, -0.05) is 48.0 Å². The van der Waals surface area contributed by atoms with Crippen molar-refractivity contribution in [2.24, 2.45) is 5.73 Å². The van der Waals surface area contributed by atoms with Gasteiger partial charge in [0.2, 0.25) is 11.8 Å². The minimum atomic E-state index is -0.800. The molecular formula is C38H42N6O5. The Labute approximate surface area is 286 Å². The number of rotatable bonds is 12. The number of Topliss-reactive ketones (excluding diaryl/α,β-unsaturated/α-hetero) is 1. The van der Waals surface area contributed by atoms with Crippen LogP contribution in [-0.2, 0) is 20.8 Å². The minimum Gasteiger partial charge on any atom is -0.368 e. The van der Waals surface area contributed by atoms with Crippen molar-refractivity contribution in [3.05, 3.63) is 106 Å². The summed E-state index contributed by atoms with van der Waals surface area (Å²) >= 11 is 0. The Morgan fingerprint density at radius 1 is 0.939 bits per heavy atom. The monoisotopic (exact) mass is 662 g/mol. The summed E-state index contributed by atoms with van der Waals surface area (Å²) in [5.74, 6) is -2.71. The summed E-state index contributed by atoms with van der Waals surface area (Å²) < 4.78 is 0. The molecule has 3 aromatic carbocycles. The van der Waals surface area contributed by atoms with Gasteiger partial charge >= 0.3 is 0 Å². The summed E-state index contributed by atoms with van der Waals surface area (Å²) in [6.07, 6.45) is 0.382. The van der Waals surface area contributed by atoms with Gasteiger partial charge in [0.25, 0.3) is 17.6 Å². The van der Waals surface area contributed by atoms with Gasteiger partial charge in [-0.15, -0.1) is 0 Å². The first-order chi connectivity index (χ1) is 23.3. The maximum Gasteiger partial charge on any atom is 0.296 e. The fraction of sp³-hybridized carbons (Fsp3) is 0.316. The summed E-state index contributed by atoms with van der Waals surface area (Å²) in [6, 6.07) is 19.9. The van der Waals surface area contributed by atoms with E-state index in [2.05, 4.69) is 5.32 Å². The topological polar surface area (TPSA) is 146 Å². The summed E-state index contributed by atoms with van der Waals surface area (Å²) in [6.45, 7) is 6.22. The van der Waals surface area contributed by atoms with E-state index in [1.54, 1.807) is 36.9 Å². The molecule has 49 heavy (non-hydrogen) atoms. The molecule has 0 fully saturated rings. The highest BCUT2D eigenvalue weighted by molar-refractivity contribution is 6.47. The Hall–Kier alpha value is -5.42. The van der Waals surface area contributed by atoms with Gasteiger partial charge < -0.3 is 25.8 Å². The number of carbonyl (C=O) groups is 5. The molecule has 0 radical (unpaired) electrons. The van der Waals surface area contributed by atoms with Gasteiger partial charge in [-0.3, -0.25) is 29.0 Å². The Bertz CT molecular complexity index is 1930. The molecule has 0 saturated heterocycles. The molecule has 0 spiro atoms. The number of ketones is 1. The van der Waals surface area contributed by atoms with Crippen LogP contribution in [0.25, 0.3) is 10.9 Å². The van der Waals surface area contributed by atoms with Crippen LogP contribution in [0.1, 0.15) is 61.1 Å². The first kappa shape index (κ1) is 34.9. The number of nitrogens with zero attached hydrogens (tertiary/aromatic N) is 4. The van der Waals surface area contributed by atoms with Crippen LogP contribution < -0.4 is 11.1 Å². The Morgan fingerprint density at radius 3 is 2.35 bits per heavy atom. The van der Waals surface area contributed by atoms with E-state index in [1.807, 2.05) is 74.4 Å². The predicted octanol–water partition coefficient (Wildman–Crippen LogP) is 3.99. The zero-order valence-electron chi connectivity index (χ0n) is 28.6. The number of aromatic nitrogens is 1. The number of fused-ring (bicyclic) bond motifs is 2. The lowest BCUT2D eigenvalue weighted by Crippen LogP contribution is -2.45. The highest BCUT2D eigenvalue weighted by Crippen LogP contribution is 2.35. The van der Waals surface area contributed by atoms with Crippen LogP contribution in [0, 0.1) is 20.8 Å². The zero-order chi connectivity index (χ0) is 35.4. The summed E-state index contributed by atoms with van der Waals surface area (Å²) in [5.41, 5.74) is 11.1. The standard InChI is InChI=1S/C38H42N6O5/c1-23-18-24(2)35(25(3)19-23)36(47)37(48)40-28-12-10-27-20-32(31-13-11-26-8-6-7-9-30(26)41-31)44(38(49)29(27)21-28)15-14-34(46)43(22-33(39)45)17-16-42(4)5/h6-13,18-19,21,32H,14-17,20,22H2,1-5H3,(H2,39,45)(H,40,48). The number of aryl methyl sites for hydroxylation is 3. The van der Waals surface area contributed by atoms with Crippen molar-refractivity contribution in [2.75, 3.05) is 45.6 Å². The summed E-state index contributed by atoms with van der Waals surface area (Å²) in [5, 5.41) is 3.65. The van der Waals surface area contributed by atoms with Crippen LogP contribution >= 0.6 is 0 Å². The van der Waals surface area contributed by atoms with E-state index >= 15 is 0 Å². The number of nitrogens with two attached hydrogens (primary N) is 1. The highest BCUT2D eigenvalue weighted by atomic mass is 16.2. The fourth-order valence-electron chi connectivity index (χ4n) is 6.45. The molecule has 1 aromatic heterocycles. The van der Waals surface area contributed by atoms with E-state index in [9.17, 15) is 24.0 Å². The second-order valence-electron chi connectivity index (χ2n) is 12.9. The predicted molar refractivity (Wildman–Crippen MR) is 188 cm³/mol. The number of amides is 4. The lowest BCUT2D eigenvalue weighted by atomic mass is 9.90. The summed E-state index contributed by atoms with van der Waals surface area (Å²) in [4.78, 5) is 75.6. The minimum absolute atomic E-state index is 0.0357. The van der Waals surface area contributed by atoms with E-state index in [-0.39, 0.29) is 31.3 Å². The van der Waals surface area contributed by atoms with E-state index in [0.717, 1.165) is 22.0 Å². The van der Waals surface area contributed by atoms with Crippen LogP contribution in [0.2, 0.25) is 0 Å². The van der Waals surface area contributed by atoms with Crippen molar-refractivity contribution in [1.82, 2.24) is 19.7 Å². The van der Waals surface area contributed by atoms with Gasteiger partial charge in [0.1, 0.15) is 0 Å². The summed E-state index contributed by atoms with van der Waals surface area (Å²) in [7, 11) is 3.74. The van der Waals surface area contributed by atoms with Crippen molar-refractivity contribution in [2.45, 2.75) is 39.7 Å². The first-order valence-corrected chi connectivity index (χ1v) is 16.3. The smallest absolute Gasteiger partial charge is 0.296 e. The largest absolute Gasteiger partial charge is 0.368 e. The van der Waals surface area contributed by atoms with Crippen LogP contribution in [0.3, 0.4) is 0 Å².